The molecule has 2 rings (SSSR count). The van der Waals surface area contributed by atoms with Crippen molar-refractivity contribution in [2.75, 3.05) is 25.9 Å². The van der Waals surface area contributed by atoms with E-state index < -0.39 is 9.84 Å². The van der Waals surface area contributed by atoms with Crippen molar-refractivity contribution in [3.05, 3.63) is 28.7 Å². The third kappa shape index (κ3) is 4.07. The van der Waals surface area contributed by atoms with Crippen LogP contribution in [-0.2, 0) is 9.84 Å². The third-order valence-corrected chi connectivity index (χ3v) is 5.42. The lowest BCUT2D eigenvalue weighted by Gasteiger charge is -2.16. The summed E-state index contributed by atoms with van der Waals surface area (Å²) in [5.41, 5.74) is 0. The largest absolute Gasteiger partial charge is 0.305 e. The Morgan fingerprint density at radius 2 is 1.89 bits per heavy atom. The molecule has 0 aromatic heterocycles. The summed E-state index contributed by atoms with van der Waals surface area (Å²) in [7, 11) is -1.15. The molecule has 0 aliphatic heterocycles. The van der Waals surface area contributed by atoms with Gasteiger partial charge in [-0.2, -0.15) is 0 Å². The summed E-state index contributed by atoms with van der Waals surface area (Å²) in [6.45, 7) is 1.63. The first-order valence-corrected chi connectivity index (χ1v) is 8.59. The zero-order chi connectivity index (χ0) is 13.2. The molecule has 1 fully saturated rings. The predicted molar refractivity (Wildman–Crippen MR) is 76.4 cm³/mol. The highest BCUT2D eigenvalue weighted by molar-refractivity contribution is 9.10. The number of benzene rings is 1. The Balaban J connectivity index is 1.91. The molecule has 0 saturated heterocycles. The van der Waals surface area contributed by atoms with Gasteiger partial charge in [-0.15, -0.1) is 0 Å². The Hall–Kier alpha value is -0.390. The van der Waals surface area contributed by atoms with Crippen LogP contribution in [0.3, 0.4) is 0 Å². The molecule has 5 heteroatoms. The van der Waals surface area contributed by atoms with Gasteiger partial charge in [-0.25, -0.2) is 8.42 Å². The minimum Gasteiger partial charge on any atom is -0.305 e. The van der Waals surface area contributed by atoms with E-state index >= 15 is 0 Å². The summed E-state index contributed by atoms with van der Waals surface area (Å²) in [5, 5.41) is 0. The van der Waals surface area contributed by atoms with E-state index in [2.05, 4.69) is 20.8 Å². The standard InChI is InChI=1S/C13H18BrNO2S/c1-15(10-11-2-3-11)8-9-18(16,17)13-6-4-12(14)5-7-13/h4-7,11H,2-3,8-10H2,1H3. The van der Waals surface area contributed by atoms with E-state index in [1.165, 1.54) is 12.8 Å². The minimum atomic E-state index is -3.15. The van der Waals surface area contributed by atoms with Crippen molar-refractivity contribution in [3.8, 4) is 0 Å². The van der Waals surface area contributed by atoms with Gasteiger partial charge < -0.3 is 4.90 Å². The number of rotatable bonds is 6. The van der Waals surface area contributed by atoms with Gasteiger partial charge in [0, 0.05) is 17.6 Å². The van der Waals surface area contributed by atoms with Crippen molar-refractivity contribution in [3.63, 3.8) is 0 Å². The second-order valence-corrected chi connectivity index (χ2v) is 8.00. The van der Waals surface area contributed by atoms with Crippen LogP contribution in [0.5, 0.6) is 0 Å². The van der Waals surface area contributed by atoms with Gasteiger partial charge in [-0.3, -0.25) is 0 Å². The topological polar surface area (TPSA) is 37.4 Å². The number of hydrogen-bond acceptors (Lipinski definition) is 3. The van der Waals surface area contributed by atoms with Crippen molar-refractivity contribution in [1.29, 1.82) is 0 Å². The minimum absolute atomic E-state index is 0.192. The lowest BCUT2D eigenvalue weighted by Crippen LogP contribution is -2.27. The monoisotopic (exact) mass is 331 g/mol. The Bertz CT molecular complexity index is 494. The van der Waals surface area contributed by atoms with Gasteiger partial charge in [-0.05, 0) is 50.1 Å². The Morgan fingerprint density at radius 1 is 1.28 bits per heavy atom. The fourth-order valence-electron chi connectivity index (χ4n) is 1.87. The summed E-state index contributed by atoms with van der Waals surface area (Å²) in [5.74, 6) is 0.989. The molecule has 0 amide bonds. The van der Waals surface area contributed by atoms with E-state index in [9.17, 15) is 8.42 Å². The van der Waals surface area contributed by atoms with Crippen molar-refractivity contribution >= 4 is 25.8 Å². The summed E-state index contributed by atoms with van der Waals surface area (Å²) in [6.07, 6.45) is 2.59. The van der Waals surface area contributed by atoms with Crippen LogP contribution in [-0.4, -0.2) is 39.2 Å². The molecular weight excluding hydrogens is 314 g/mol. The quantitative estimate of drug-likeness (QED) is 0.803. The van der Waals surface area contributed by atoms with Crippen molar-refractivity contribution in [2.24, 2.45) is 5.92 Å². The van der Waals surface area contributed by atoms with E-state index in [1.54, 1.807) is 24.3 Å². The van der Waals surface area contributed by atoms with Gasteiger partial charge in [0.1, 0.15) is 0 Å². The van der Waals surface area contributed by atoms with Crippen LogP contribution in [0.2, 0.25) is 0 Å². The molecule has 1 aromatic carbocycles. The molecule has 0 bridgehead atoms. The second-order valence-electron chi connectivity index (χ2n) is 4.98. The van der Waals surface area contributed by atoms with Gasteiger partial charge in [0.2, 0.25) is 0 Å². The van der Waals surface area contributed by atoms with E-state index in [0.717, 1.165) is 16.9 Å². The van der Waals surface area contributed by atoms with Gasteiger partial charge in [0.25, 0.3) is 0 Å². The zero-order valence-electron chi connectivity index (χ0n) is 10.5. The highest BCUT2D eigenvalue weighted by atomic mass is 79.9. The molecule has 100 valence electrons. The zero-order valence-corrected chi connectivity index (χ0v) is 12.9. The summed E-state index contributed by atoms with van der Waals surface area (Å²) in [4.78, 5) is 2.53. The Labute approximate surface area is 117 Å². The Kier molecular flexibility index (Phi) is 4.45. The average Bonchev–Trinajstić information content (AvgIpc) is 3.11. The van der Waals surface area contributed by atoms with Gasteiger partial charge >= 0.3 is 0 Å². The highest BCUT2D eigenvalue weighted by Crippen LogP contribution is 2.29. The molecule has 1 aliphatic rings. The molecule has 1 aliphatic carbocycles. The van der Waals surface area contributed by atoms with Crippen molar-refractivity contribution in [2.45, 2.75) is 17.7 Å². The molecular formula is C13H18BrNO2S. The van der Waals surface area contributed by atoms with Gasteiger partial charge in [-0.1, -0.05) is 15.9 Å². The normalized spacial score (nSPS) is 16.2. The Morgan fingerprint density at radius 3 is 2.44 bits per heavy atom. The smallest absolute Gasteiger partial charge is 0.179 e. The van der Waals surface area contributed by atoms with Crippen molar-refractivity contribution in [1.82, 2.24) is 4.90 Å². The first-order valence-electron chi connectivity index (χ1n) is 6.14. The molecule has 0 N–H and O–H groups in total. The third-order valence-electron chi connectivity index (χ3n) is 3.18. The van der Waals surface area contributed by atoms with Crippen LogP contribution in [0.4, 0.5) is 0 Å². The number of nitrogens with zero attached hydrogens (tertiary/aromatic N) is 1. The van der Waals surface area contributed by atoms with Crippen LogP contribution in [0.25, 0.3) is 0 Å². The van der Waals surface area contributed by atoms with Crippen LogP contribution in [0.15, 0.2) is 33.6 Å². The summed E-state index contributed by atoms with van der Waals surface area (Å²) >= 11 is 3.31. The number of sulfone groups is 1. The first kappa shape index (κ1) is 14.0. The summed E-state index contributed by atoms with van der Waals surface area (Å²) < 4.78 is 25.1. The molecule has 18 heavy (non-hydrogen) atoms. The molecule has 1 aromatic rings. The maximum atomic E-state index is 12.1. The first-order chi connectivity index (χ1) is 8.47. The predicted octanol–water partition coefficient (Wildman–Crippen LogP) is 2.56. The highest BCUT2D eigenvalue weighted by Gasteiger charge is 2.23. The second kappa shape index (κ2) is 5.72. The van der Waals surface area contributed by atoms with Crippen LogP contribution >= 0.6 is 15.9 Å². The lowest BCUT2D eigenvalue weighted by atomic mass is 10.4. The van der Waals surface area contributed by atoms with Crippen LogP contribution in [0, 0.1) is 5.92 Å². The van der Waals surface area contributed by atoms with Crippen molar-refractivity contribution < 1.29 is 8.42 Å². The van der Waals surface area contributed by atoms with Crippen LogP contribution in [0.1, 0.15) is 12.8 Å². The van der Waals surface area contributed by atoms with E-state index in [1.807, 2.05) is 7.05 Å². The molecule has 0 radical (unpaired) electrons. The SMILES string of the molecule is CN(CCS(=O)(=O)c1ccc(Br)cc1)CC1CC1. The molecule has 0 unspecified atom stereocenters. The number of hydrogen-bond donors (Lipinski definition) is 0. The molecule has 0 spiro atoms. The van der Waals surface area contributed by atoms with Gasteiger partial charge in [0.15, 0.2) is 9.84 Å². The fourth-order valence-corrected chi connectivity index (χ4v) is 3.47. The maximum absolute atomic E-state index is 12.1. The fraction of sp³-hybridized carbons (Fsp3) is 0.538. The van der Waals surface area contributed by atoms with E-state index in [-0.39, 0.29) is 5.75 Å². The van der Waals surface area contributed by atoms with Gasteiger partial charge in [0.05, 0.1) is 10.6 Å². The summed E-state index contributed by atoms with van der Waals surface area (Å²) in [6, 6.07) is 6.84. The number of halogens is 1. The molecule has 3 nitrogen and oxygen atoms in total. The average molecular weight is 332 g/mol. The molecule has 0 atom stereocenters. The molecule has 0 heterocycles. The molecule has 1 saturated carbocycles. The maximum Gasteiger partial charge on any atom is 0.179 e. The lowest BCUT2D eigenvalue weighted by molar-refractivity contribution is 0.338. The van der Waals surface area contributed by atoms with E-state index in [4.69, 9.17) is 0 Å². The van der Waals surface area contributed by atoms with E-state index in [0.29, 0.717) is 11.4 Å². The van der Waals surface area contributed by atoms with Crippen LogP contribution < -0.4 is 0 Å².